The van der Waals surface area contributed by atoms with E-state index in [0.29, 0.717) is 0 Å². The van der Waals surface area contributed by atoms with Crippen molar-refractivity contribution in [2.45, 2.75) is 64.7 Å². The van der Waals surface area contributed by atoms with Crippen molar-refractivity contribution >= 4 is 11.6 Å². The molecule has 1 heteroatoms. The van der Waals surface area contributed by atoms with Crippen LogP contribution in [0.4, 0.5) is 0 Å². The topological polar surface area (TPSA) is 0 Å². The number of alkyl halides is 1. The van der Waals surface area contributed by atoms with E-state index in [9.17, 15) is 0 Å². The fraction of sp³-hybridized carbons (Fsp3) is 0.867. The maximum atomic E-state index is 5.81. The molecule has 1 saturated carbocycles. The maximum absolute atomic E-state index is 5.81. The van der Waals surface area contributed by atoms with Crippen LogP contribution in [0.1, 0.15) is 64.7 Å². The Kier molecular flexibility index (Phi) is 8.02. The Balaban J connectivity index is 2.33. The van der Waals surface area contributed by atoms with Gasteiger partial charge in [-0.05, 0) is 43.9 Å². The Labute approximate surface area is 106 Å². The van der Waals surface area contributed by atoms with Crippen LogP contribution >= 0.6 is 11.6 Å². The van der Waals surface area contributed by atoms with E-state index in [0.717, 1.165) is 17.7 Å². The summed E-state index contributed by atoms with van der Waals surface area (Å²) >= 11 is 5.81. The number of unbranched alkanes of at least 4 members (excludes halogenated alkanes) is 2. The molecule has 1 rings (SSSR count). The summed E-state index contributed by atoms with van der Waals surface area (Å²) in [5.41, 5.74) is 0. The molecular weight excluding hydrogens is 216 g/mol. The molecule has 94 valence electrons. The van der Waals surface area contributed by atoms with Crippen LogP contribution < -0.4 is 0 Å². The van der Waals surface area contributed by atoms with E-state index in [2.05, 4.69) is 19.1 Å². The first-order valence-corrected chi connectivity index (χ1v) is 7.64. The molecule has 0 bridgehead atoms. The van der Waals surface area contributed by atoms with Gasteiger partial charge >= 0.3 is 0 Å². The van der Waals surface area contributed by atoms with Crippen molar-refractivity contribution < 1.29 is 0 Å². The van der Waals surface area contributed by atoms with Crippen LogP contribution in [-0.2, 0) is 0 Å². The van der Waals surface area contributed by atoms with Crippen LogP contribution in [0.5, 0.6) is 0 Å². The van der Waals surface area contributed by atoms with Crippen molar-refractivity contribution in [3.05, 3.63) is 12.2 Å². The molecule has 0 nitrogen and oxygen atoms in total. The molecule has 0 amide bonds. The van der Waals surface area contributed by atoms with Crippen LogP contribution in [0.15, 0.2) is 12.2 Å². The van der Waals surface area contributed by atoms with Gasteiger partial charge in [0.25, 0.3) is 0 Å². The third kappa shape index (κ3) is 5.39. The average Bonchev–Trinajstić information content (AvgIpc) is 2.82. The summed E-state index contributed by atoms with van der Waals surface area (Å²) in [6, 6.07) is 0. The van der Waals surface area contributed by atoms with E-state index >= 15 is 0 Å². The van der Waals surface area contributed by atoms with Crippen LogP contribution in [-0.4, -0.2) is 5.88 Å². The van der Waals surface area contributed by atoms with Crippen molar-refractivity contribution in [3.63, 3.8) is 0 Å². The molecule has 0 aromatic rings. The molecule has 1 unspecified atom stereocenters. The summed E-state index contributed by atoms with van der Waals surface area (Å²) in [6.07, 6.45) is 17.1. The highest BCUT2D eigenvalue weighted by Crippen LogP contribution is 2.34. The number of hydrogen-bond acceptors (Lipinski definition) is 0. The summed E-state index contributed by atoms with van der Waals surface area (Å²) in [5.74, 6) is 2.60. The fourth-order valence-corrected chi connectivity index (χ4v) is 2.93. The molecule has 0 aliphatic heterocycles. The van der Waals surface area contributed by atoms with Gasteiger partial charge in [0.1, 0.15) is 0 Å². The zero-order valence-electron chi connectivity index (χ0n) is 10.8. The fourth-order valence-electron chi connectivity index (χ4n) is 2.78. The smallest absolute Gasteiger partial charge is 0.0223 e. The summed E-state index contributed by atoms with van der Waals surface area (Å²) in [4.78, 5) is 0. The highest BCUT2D eigenvalue weighted by molar-refractivity contribution is 6.17. The summed E-state index contributed by atoms with van der Waals surface area (Å²) in [5, 5.41) is 0. The molecule has 1 aliphatic rings. The van der Waals surface area contributed by atoms with Gasteiger partial charge in [-0.1, -0.05) is 44.8 Å². The second-order valence-corrected chi connectivity index (χ2v) is 5.49. The van der Waals surface area contributed by atoms with E-state index in [1.165, 1.54) is 57.8 Å². The second-order valence-electron chi connectivity index (χ2n) is 5.11. The highest BCUT2D eigenvalue weighted by Gasteiger charge is 2.22. The molecule has 0 aromatic carbocycles. The van der Waals surface area contributed by atoms with Gasteiger partial charge in [0.15, 0.2) is 0 Å². The Bertz CT molecular complexity index is 180. The third-order valence-corrected chi connectivity index (χ3v) is 4.05. The minimum atomic E-state index is 0.818. The SMILES string of the molecule is CCCCC=CC(CCCCl)C1CCCC1. The van der Waals surface area contributed by atoms with E-state index in [4.69, 9.17) is 11.6 Å². The lowest BCUT2D eigenvalue weighted by Crippen LogP contribution is -2.09. The average molecular weight is 243 g/mol. The first kappa shape index (κ1) is 14.1. The quantitative estimate of drug-likeness (QED) is 0.297. The molecule has 16 heavy (non-hydrogen) atoms. The van der Waals surface area contributed by atoms with Crippen molar-refractivity contribution in [2.75, 3.05) is 5.88 Å². The first-order valence-electron chi connectivity index (χ1n) is 7.11. The van der Waals surface area contributed by atoms with Crippen molar-refractivity contribution in [1.29, 1.82) is 0 Å². The lowest BCUT2D eigenvalue weighted by atomic mass is 9.87. The minimum absolute atomic E-state index is 0.818. The molecule has 1 fully saturated rings. The summed E-state index contributed by atoms with van der Waals surface area (Å²) in [6.45, 7) is 2.26. The van der Waals surface area contributed by atoms with E-state index in [-0.39, 0.29) is 0 Å². The lowest BCUT2D eigenvalue weighted by Gasteiger charge is -2.19. The zero-order valence-corrected chi connectivity index (χ0v) is 11.5. The van der Waals surface area contributed by atoms with Gasteiger partial charge in [-0.2, -0.15) is 0 Å². The Morgan fingerprint density at radius 3 is 2.62 bits per heavy atom. The van der Waals surface area contributed by atoms with Gasteiger partial charge in [-0.15, -0.1) is 11.6 Å². The summed E-state index contributed by atoms with van der Waals surface area (Å²) in [7, 11) is 0. The van der Waals surface area contributed by atoms with Crippen LogP contribution in [0.2, 0.25) is 0 Å². The van der Waals surface area contributed by atoms with Gasteiger partial charge in [0, 0.05) is 5.88 Å². The standard InChI is InChI=1S/C15H27Cl/c1-2-3-4-5-9-15(12-8-13-16)14-10-6-7-11-14/h5,9,14-15H,2-4,6-8,10-13H2,1H3. The Morgan fingerprint density at radius 2 is 2.00 bits per heavy atom. The minimum Gasteiger partial charge on any atom is -0.127 e. The number of hydrogen-bond donors (Lipinski definition) is 0. The second kappa shape index (κ2) is 9.10. The van der Waals surface area contributed by atoms with Gasteiger partial charge in [-0.25, -0.2) is 0 Å². The van der Waals surface area contributed by atoms with Crippen LogP contribution in [0.25, 0.3) is 0 Å². The maximum Gasteiger partial charge on any atom is 0.0223 e. The van der Waals surface area contributed by atoms with E-state index < -0.39 is 0 Å². The van der Waals surface area contributed by atoms with E-state index in [1.54, 1.807) is 0 Å². The number of allylic oxidation sites excluding steroid dienone is 2. The van der Waals surface area contributed by atoms with Gasteiger partial charge in [-0.3, -0.25) is 0 Å². The van der Waals surface area contributed by atoms with Crippen LogP contribution in [0, 0.1) is 11.8 Å². The Morgan fingerprint density at radius 1 is 1.25 bits per heavy atom. The molecule has 1 aliphatic carbocycles. The molecule has 0 spiro atoms. The van der Waals surface area contributed by atoms with Crippen molar-refractivity contribution in [2.24, 2.45) is 11.8 Å². The predicted octanol–water partition coefficient (Wildman–Crippen LogP) is 5.56. The van der Waals surface area contributed by atoms with Gasteiger partial charge in [0.2, 0.25) is 0 Å². The predicted molar refractivity (Wildman–Crippen MR) is 74.1 cm³/mol. The van der Waals surface area contributed by atoms with Gasteiger partial charge in [0.05, 0.1) is 0 Å². The molecule has 0 heterocycles. The number of rotatable bonds is 8. The zero-order chi connectivity index (χ0) is 11.6. The van der Waals surface area contributed by atoms with E-state index in [1.807, 2.05) is 0 Å². The molecular formula is C15H27Cl. The molecule has 0 radical (unpaired) electrons. The molecule has 0 saturated heterocycles. The normalized spacial score (nSPS) is 19.6. The third-order valence-electron chi connectivity index (χ3n) is 3.78. The summed E-state index contributed by atoms with van der Waals surface area (Å²) < 4.78 is 0. The molecule has 0 N–H and O–H groups in total. The molecule has 1 atom stereocenters. The van der Waals surface area contributed by atoms with Gasteiger partial charge < -0.3 is 0 Å². The van der Waals surface area contributed by atoms with Crippen molar-refractivity contribution in [1.82, 2.24) is 0 Å². The molecule has 0 aromatic heterocycles. The van der Waals surface area contributed by atoms with Crippen LogP contribution in [0.3, 0.4) is 0 Å². The first-order chi connectivity index (χ1) is 7.88. The highest BCUT2D eigenvalue weighted by atomic mass is 35.5. The monoisotopic (exact) mass is 242 g/mol. The largest absolute Gasteiger partial charge is 0.127 e. The van der Waals surface area contributed by atoms with Crippen molar-refractivity contribution in [3.8, 4) is 0 Å². The Hall–Kier alpha value is 0.0300. The lowest BCUT2D eigenvalue weighted by molar-refractivity contribution is 0.380. The number of halogens is 1.